The summed E-state index contributed by atoms with van der Waals surface area (Å²) >= 11 is 0. The maximum Gasteiger partial charge on any atom is 0.322 e. The van der Waals surface area contributed by atoms with Crippen LogP contribution in [-0.2, 0) is 0 Å². The molecule has 4 rings (SSSR count). The number of hydrogen-bond acceptors (Lipinski definition) is 8. The average Bonchev–Trinajstić information content (AvgIpc) is 3.28. The number of nitrogens with zero attached hydrogens (tertiary/aromatic N) is 4. The molecule has 9 heteroatoms. The Morgan fingerprint density at radius 2 is 2.04 bits per heavy atom. The van der Waals surface area contributed by atoms with Crippen LogP contribution in [0.4, 0.5) is 12.0 Å². The predicted molar refractivity (Wildman–Crippen MR) is 88.8 cm³/mol. The number of rotatable bonds is 5. The Hall–Kier alpha value is -3.75. The summed E-state index contributed by atoms with van der Waals surface area (Å²) < 4.78 is 10.7. The zero-order valence-corrected chi connectivity index (χ0v) is 13.1. The highest BCUT2D eigenvalue weighted by atomic mass is 16.5. The molecular weight excluding hydrogens is 324 g/mol. The summed E-state index contributed by atoms with van der Waals surface area (Å²) in [5, 5.41) is 10.8. The molecule has 0 amide bonds. The van der Waals surface area contributed by atoms with Crippen LogP contribution in [0.15, 0.2) is 40.9 Å². The minimum atomic E-state index is 0.172. The third-order valence-electron chi connectivity index (χ3n) is 3.53. The van der Waals surface area contributed by atoms with Crippen molar-refractivity contribution in [1.29, 1.82) is 0 Å². The number of methoxy groups -OCH3 is 1. The summed E-state index contributed by atoms with van der Waals surface area (Å²) in [4.78, 5) is 22.3. The van der Waals surface area contributed by atoms with Gasteiger partial charge in [0.05, 0.1) is 12.6 Å². The number of nitrogens with one attached hydrogen (secondary N) is 2. The van der Waals surface area contributed by atoms with E-state index in [2.05, 4.69) is 30.5 Å². The van der Waals surface area contributed by atoms with E-state index < -0.39 is 0 Å². The Morgan fingerprint density at radius 3 is 2.80 bits per heavy atom. The molecule has 3 heterocycles. The fraction of sp³-hybridized carbons (Fsp3) is 0.0625. The lowest BCUT2D eigenvalue weighted by molar-refractivity contribution is 0.112. The number of aldehydes is 1. The number of H-pyrrole nitrogens is 1. The van der Waals surface area contributed by atoms with E-state index in [0.29, 0.717) is 29.2 Å². The van der Waals surface area contributed by atoms with Gasteiger partial charge in [0.25, 0.3) is 0 Å². The third-order valence-corrected chi connectivity index (χ3v) is 3.53. The molecule has 0 bridgehead atoms. The lowest BCUT2D eigenvalue weighted by atomic mass is 10.2. The molecule has 0 fully saturated rings. The highest BCUT2D eigenvalue weighted by molar-refractivity contribution is 5.92. The molecule has 0 spiro atoms. The number of benzene rings is 1. The number of aromatic nitrogens is 5. The van der Waals surface area contributed by atoms with E-state index in [1.54, 1.807) is 25.3 Å². The number of carbonyl (C=O) groups excluding carboxylic acids is 1. The number of anilines is 2. The molecule has 0 atom stereocenters. The monoisotopic (exact) mass is 336 g/mol. The number of pyridine rings is 1. The van der Waals surface area contributed by atoms with Crippen LogP contribution >= 0.6 is 0 Å². The van der Waals surface area contributed by atoms with E-state index in [0.717, 1.165) is 11.3 Å². The molecule has 0 saturated heterocycles. The lowest BCUT2D eigenvalue weighted by Crippen LogP contribution is -1.92. The van der Waals surface area contributed by atoms with Crippen molar-refractivity contribution in [2.45, 2.75) is 0 Å². The summed E-state index contributed by atoms with van der Waals surface area (Å²) in [5.41, 5.74) is 2.16. The second-order valence-corrected chi connectivity index (χ2v) is 5.06. The van der Waals surface area contributed by atoms with Crippen molar-refractivity contribution in [3.63, 3.8) is 0 Å². The SMILES string of the molecule is COc1ccc(-c2nnc(Nc3nc4c(C=O)nccc4[nH]3)o2)cc1. The topological polar surface area (TPSA) is 119 Å². The summed E-state index contributed by atoms with van der Waals surface area (Å²) in [6.45, 7) is 0. The number of ether oxygens (including phenoxy) is 1. The van der Waals surface area contributed by atoms with Crippen LogP contribution in [0.2, 0.25) is 0 Å². The van der Waals surface area contributed by atoms with Gasteiger partial charge in [0, 0.05) is 11.8 Å². The van der Waals surface area contributed by atoms with Gasteiger partial charge in [-0.05, 0) is 30.3 Å². The van der Waals surface area contributed by atoms with Gasteiger partial charge < -0.3 is 14.1 Å². The molecule has 0 aliphatic carbocycles. The van der Waals surface area contributed by atoms with E-state index in [4.69, 9.17) is 9.15 Å². The first-order chi connectivity index (χ1) is 12.3. The Labute approximate surface area is 141 Å². The van der Waals surface area contributed by atoms with Crippen molar-refractivity contribution in [1.82, 2.24) is 25.1 Å². The molecule has 1 aromatic carbocycles. The van der Waals surface area contributed by atoms with Crippen molar-refractivity contribution in [3.8, 4) is 17.2 Å². The number of carbonyl (C=O) groups is 1. The number of aromatic amines is 1. The zero-order chi connectivity index (χ0) is 17.2. The summed E-state index contributed by atoms with van der Waals surface area (Å²) in [5.74, 6) is 1.47. The Morgan fingerprint density at radius 1 is 1.20 bits per heavy atom. The van der Waals surface area contributed by atoms with Gasteiger partial charge in [-0.3, -0.25) is 15.1 Å². The minimum Gasteiger partial charge on any atom is -0.497 e. The molecule has 0 saturated carbocycles. The number of imidazole rings is 1. The van der Waals surface area contributed by atoms with E-state index in [1.165, 1.54) is 6.20 Å². The van der Waals surface area contributed by atoms with Crippen molar-refractivity contribution in [2.75, 3.05) is 12.4 Å². The molecule has 2 N–H and O–H groups in total. The first-order valence-corrected chi connectivity index (χ1v) is 7.31. The van der Waals surface area contributed by atoms with Gasteiger partial charge in [-0.25, -0.2) is 4.98 Å². The fourth-order valence-corrected chi connectivity index (χ4v) is 2.33. The van der Waals surface area contributed by atoms with Gasteiger partial charge in [-0.1, -0.05) is 5.10 Å². The second-order valence-electron chi connectivity index (χ2n) is 5.06. The van der Waals surface area contributed by atoms with Crippen LogP contribution in [0.3, 0.4) is 0 Å². The standard InChI is InChI=1S/C16H12N6O3/c1-24-10-4-2-9(3-5-10)14-21-22-16(25-14)20-15-18-11-6-7-17-12(8-23)13(11)19-15/h2-8H,1H3,(H2,18,19,20,22). The van der Waals surface area contributed by atoms with Gasteiger partial charge in [0.15, 0.2) is 6.29 Å². The Bertz CT molecular complexity index is 1040. The van der Waals surface area contributed by atoms with Gasteiger partial charge >= 0.3 is 6.01 Å². The summed E-state index contributed by atoms with van der Waals surface area (Å²) in [7, 11) is 1.60. The molecule has 4 aromatic rings. The van der Waals surface area contributed by atoms with E-state index in [-0.39, 0.29) is 11.7 Å². The van der Waals surface area contributed by atoms with Crippen LogP contribution in [0, 0.1) is 0 Å². The van der Waals surface area contributed by atoms with Gasteiger partial charge in [0.1, 0.15) is 17.0 Å². The second kappa shape index (κ2) is 6.04. The lowest BCUT2D eigenvalue weighted by Gasteiger charge is -1.99. The molecule has 9 nitrogen and oxygen atoms in total. The van der Waals surface area contributed by atoms with Gasteiger partial charge in [-0.2, -0.15) is 0 Å². The van der Waals surface area contributed by atoms with Crippen LogP contribution in [0.1, 0.15) is 10.5 Å². The molecular formula is C16H12N6O3. The maximum absolute atomic E-state index is 11.0. The van der Waals surface area contributed by atoms with Gasteiger partial charge in [-0.15, -0.1) is 5.10 Å². The molecule has 3 aromatic heterocycles. The normalized spacial score (nSPS) is 10.8. The highest BCUT2D eigenvalue weighted by Crippen LogP contribution is 2.24. The molecule has 0 aliphatic heterocycles. The number of fused-ring (bicyclic) bond motifs is 1. The minimum absolute atomic E-state index is 0.172. The zero-order valence-electron chi connectivity index (χ0n) is 13.1. The van der Waals surface area contributed by atoms with E-state index in [9.17, 15) is 4.79 Å². The summed E-state index contributed by atoms with van der Waals surface area (Å²) in [6.07, 6.45) is 2.18. The van der Waals surface area contributed by atoms with Crippen molar-refractivity contribution in [3.05, 3.63) is 42.2 Å². The first kappa shape index (κ1) is 14.8. The Balaban J connectivity index is 1.59. The van der Waals surface area contributed by atoms with Crippen molar-refractivity contribution in [2.24, 2.45) is 0 Å². The van der Waals surface area contributed by atoms with Crippen LogP contribution < -0.4 is 10.1 Å². The number of hydrogen-bond donors (Lipinski definition) is 2. The largest absolute Gasteiger partial charge is 0.497 e. The van der Waals surface area contributed by atoms with E-state index in [1.807, 2.05) is 12.1 Å². The molecule has 0 unspecified atom stereocenters. The highest BCUT2D eigenvalue weighted by Gasteiger charge is 2.12. The fourth-order valence-electron chi connectivity index (χ4n) is 2.33. The summed E-state index contributed by atoms with van der Waals surface area (Å²) in [6, 6.07) is 9.14. The van der Waals surface area contributed by atoms with Crippen LogP contribution in [0.5, 0.6) is 5.75 Å². The van der Waals surface area contributed by atoms with Crippen molar-refractivity contribution >= 4 is 29.3 Å². The Kier molecular flexibility index (Phi) is 3.58. The molecule has 0 aliphatic rings. The average molecular weight is 336 g/mol. The molecule has 124 valence electrons. The van der Waals surface area contributed by atoms with Gasteiger partial charge in [0.2, 0.25) is 11.8 Å². The van der Waals surface area contributed by atoms with Crippen LogP contribution in [0.25, 0.3) is 22.5 Å². The van der Waals surface area contributed by atoms with Crippen molar-refractivity contribution < 1.29 is 13.9 Å². The molecule has 25 heavy (non-hydrogen) atoms. The van der Waals surface area contributed by atoms with Crippen LogP contribution in [-0.4, -0.2) is 38.5 Å². The smallest absolute Gasteiger partial charge is 0.322 e. The van der Waals surface area contributed by atoms with E-state index >= 15 is 0 Å². The molecule has 0 radical (unpaired) electrons. The quantitative estimate of drug-likeness (QED) is 0.534. The first-order valence-electron chi connectivity index (χ1n) is 7.31. The predicted octanol–water partition coefficient (Wildman–Crippen LogP) is 2.57. The maximum atomic E-state index is 11.0. The third kappa shape index (κ3) is 2.78.